The van der Waals surface area contributed by atoms with Gasteiger partial charge in [-0.1, -0.05) is 60.7 Å². The van der Waals surface area contributed by atoms with Gasteiger partial charge in [0.2, 0.25) is 5.91 Å². The molecular weight excluding hydrogens is 524 g/mol. The normalized spacial score (nSPS) is 34.4. The quantitative estimate of drug-likeness (QED) is 0.201. The van der Waals surface area contributed by atoms with E-state index < -0.39 is 73.8 Å². The van der Waals surface area contributed by atoms with E-state index in [-0.39, 0.29) is 19.8 Å². The van der Waals surface area contributed by atoms with Crippen LogP contribution in [0.2, 0.25) is 0 Å². The van der Waals surface area contributed by atoms with E-state index in [1.807, 2.05) is 60.7 Å². The maximum Gasteiger partial charge on any atom is 0.217 e. The number of carbonyl (C=O) groups is 1. The molecule has 2 aliphatic heterocycles. The van der Waals surface area contributed by atoms with Crippen LogP contribution in [0.15, 0.2) is 60.7 Å². The summed E-state index contributed by atoms with van der Waals surface area (Å²) in [6.45, 7) is 1.07. The van der Waals surface area contributed by atoms with Gasteiger partial charge in [0.25, 0.3) is 0 Å². The molecule has 40 heavy (non-hydrogen) atoms. The van der Waals surface area contributed by atoms with Crippen LogP contribution in [0.4, 0.5) is 0 Å². The first kappa shape index (κ1) is 30.5. The highest BCUT2D eigenvalue weighted by Gasteiger charge is 2.51. The zero-order valence-electron chi connectivity index (χ0n) is 22.2. The fourth-order valence-corrected chi connectivity index (χ4v) is 4.75. The van der Waals surface area contributed by atoms with Crippen LogP contribution in [0.5, 0.6) is 0 Å². The Morgan fingerprint density at radius 2 is 1.48 bits per heavy atom. The molecule has 0 aromatic heterocycles. The van der Waals surface area contributed by atoms with Gasteiger partial charge in [-0.3, -0.25) is 4.79 Å². The van der Waals surface area contributed by atoms with Crippen LogP contribution in [-0.4, -0.2) is 101 Å². The van der Waals surface area contributed by atoms with Crippen molar-refractivity contribution in [1.29, 1.82) is 0 Å². The molecule has 1 amide bonds. The molecule has 2 fully saturated rings. The molecule has 2 aliphatic rings. The molecule has 7 N–H and O–H groups in total. The number of hydrogen-bond acceptors (Lipinski definition) is 11. The molecule has 2 aromatic rings. The number of amides is 1. The van der Waals surface area contributed by atoms with Gasteiger partial charge in [0.15, 0.2) is 12.6 Å². The lowest BCUT2D eigenvalue weighted by atomic mass is 9.95. The summed E-state index contributed by atoms with van der Waals surface area (Å²) in [5.41, 5.74) is 7.86. The minimum absolute atomic E-state index is 0.0365. The zero-order chi connectivity index (χ0) is 28.6. The Bertz CT molecular complexity index is 1050. The van der Waals surface area contributed by atoms with Gasteiger partial charge in [-0.05, 0) is 11.1 Å². The number of nitrogens with one attached hydrogen (secondary N) is 1. The summed E-state index contributed by atoms with van der Waals surface area (Å²) >= 11 is 0. The van der Waals surface area contributed by atoms with Crippen molar-refractivity contribution in [2.75, 3.05) is 13.2 Å². The number of aliphatic hydroxyl groups excluding tert-OH is 4. The van der Waals surface area contributed by atoms with Gasteiger partial charge in [-0.2, -0.15) is 0 Å². The van der Waals surface area contributed by atoms with Gasteiger partial charge in [-0.25, -0.2) is 0 Å². The molecule has 12 heteroatoms. The summed E-state index contributed by atoms with van der Waals surface area (Å²) in [7, 11) is 0. The number of carbonyl (C=O) groups excluding carboxylic acids is 1. The lowest BCUT2D eigenvalue weighted by Crippen LogP contribution is -2.68. The third-order valence-corrected chi connectivity index (χ3v) is 6.91. The molecule has 0 aliphatic carbocycles. The van der Waals surface area contributed by atoms with Crippen LogP contribution in [-0.2, 0) is 41.7 Å². The first-order valence-electron chi connectivity index (χ1n) is 13.2. The summed E-state index contributed by atoms with van der Waals surface area (Å²) in [4.78, 5) is 12.1. The Hall–Kier alpha value is -2.49. The predicted molar refractivity (Wildman–Crippen MR) is 140 cm³/mol. The van der Waals surface area contributed by atoms with Crippen LogP contribution in [0.1, 0.15) is 18.1 Å². The number of nitrogens with two attached hydrogens (primary N) is 1. The van der Waals surface area contributed by atoms with Crippen LogP contribution in [0, 0.1) is 0 Å². The van der Waals surface area contributed by atoms with Crippen molar-refractivity contribution in [3.63, 3.8) is 0 Å². The third-order valence-electron chi connectivity index (χ3n) is 6.91. The Morgan fingerprint density at radius 3 is 2.08 bits per heavy atom. The predicted octanol–water partition coefficient (Wildman–Crippen LogP) is -0.838. The maximum atomic E-state index is 12.1. The Morgan fingerprint density at radius 1 is 0.875 bits per heavy atom. The molecule has 0 spiro atoms. The molecule has 4 rings (SSSR count). The highest BCUT2D eigenvalue weighted by molar-refractivity contribution is 5.73. The van der Waals surface area contributed by atoms with Gasteiger partial charge in [0, 0.05) is 6.92 Å². The van der Waals surface area contributed by atoms with Crippen LogP contribution in [0.25, 0.3) is 0 Å². The van der Waals surface area contributed by atoms with Gasteiger partial charge >= 0.3 is 0 Å². The van der Waals surface area contributed by atoms with Crippen molar-refractivity contribution in [3.05, 3.63) is 71.8 Å². The standard InChI is InChI=1S/C28H38N2O10/c1-16(32)30-22-25(35)26(40-27-21(29)24(34)23(33)19(12-31)38-27)20(15-36-13-17-8-4-2-5-9-17)39-28(22)37-14-18-10-6-3-7-11-18/h2-11,19-28,31,33-35H,12-15,29H2,1H3,(H,30,32)/t19-,20-,21-,22-,23+,24-,25-,26+,27+,28+/m1/s1. The zero-order valence-corrected chi connectivity index (χ0v) is 22.2. The smallest absolute Gasteiger partial charge is 0.217 e. The number of aliphatic hydroxyl groups is 4. The van der Waals surface area contributed by atoms with Crippen molar-refractivity contribution in [2.45, 2.75) is 81.4 Å². The average Bonchev–Trinajstić information content (AvgIpc) is 2.96. The first-order valence-corrected chi connectivity index (χ1v) is 13.2. The lowest BCUT2D eigenvalue weighted by molar-refractivity contribution is -0.332. The number of ether oxygens (including phenoxy) is 5. The third kappa shape index (κ3) is 7.62. The number of benzene rings is 2. The van der Waals surface area contributed by atoms with Crippen molar-refractivity contribution >= 4 is 5.91 Å². The Labute approximate surface area is 232 Å². The van der Waals surface area contributed by atoms with E-state index in [0.717, 1.165) is 11.1 Å². The number of hydrogen-bond donors (Lipinski definition) is 6. The minimum atomic E-state index is -1.46. The van der Waals surface area contributed by atoms with Crippen molar-refractivity contribution in [1.82, 2.24) is 5.32 Å². The molecule has 2 saturated heterocycles. The minimum Gasteiger partial charge on any atom is -0.394 e. The van der Waals surface area contributed by atoms with E-state index >= 15 is 0 Å². The topological polar surface area (TPSA) is 182 Å². The van der Waals surface area contributed by atoms with E-state index in [1.165, 1.54) is 6.92 Å². The van der Waals surface area contributed by atoms with Crippen molar-refractivity contribution < 1.29 is 48.9 Å². The second-order valence-corrected chi connectivity index (χ2v) is 9.94. The molecule has 12 nitrogen and oxygen atoms in total. The molecule has 0 bridgehead atoms. The second-order valence-electron chi connectivity index (χ2n) is 9.94. The molecule has 10 atom stereocenters. The SMILES string of the molecule is CC(=O)N[C@H]1[C@@H](OCc2ccccc2)O[C@H](COCc2ccccc2)[C@H](O[C@@H]2O[C@H](CO)[C@H](O)[C@H](O)[C@H]2N)[C@@H]1O. The number of rotatable bonds is 11. The van der Waals surface area contributed by atoms with Gasteiger partial charge in [0.05, 0.1) is 32.5 Å². The Balaban J connectivity index is 1.54. The van der Waals surface area contributed by atoms with E-state index in [4.69, 9.17) is 29.4 Å². The van der Waals surface area contributed by atoms with Crippen molar-refractivity contribution in [2.24, 2.45) is 5.73 Å². The molecular formula is C28H38N2O10. The molecule has 220 valence electrons. The van der Waals surface area contributed by atoms with Crippen LogP contribution < -0.4 is 11.1 Å². The fraction of sp³-hybridized carbons (Fsp3) is 0.536. The first-order chi connectivity index (χ1) is 19.3. The van der Waals surface area contributed by atoms with E-state index in [1.54, 1.807) is 0 Å². The lowest BCUT2D eigenvalue weighted by Gasteiger charge is -2.47. The molecule has 2 aromatic carbocycles. The molecule has 0 unspecified atom stereocenters. The highest BCUT2D eigenvalue weighted by atomic mass is 16.7. The van der Waals surface area contributed by atoms with E-state index in [2.05, 4.69) is 5.32 Å². The van der Waals surface area contributed by atoms with Gasteiger partial charge < -0.3 is 55.2 Å². The van der Waals surface area contributed by atoms with E-state index in [9.17, 15) is 25.2 Å². The van der Waals surface area contributed by atoms with Gasteiger partial charge in [0.1, 0.15) is 42.7 Å². The van der Waals surface area contributed by atoms with E-state index in [0.29, 0.717) is 0 Å². The second kappa shape index (κ2) is 14.4. The molecule has 0 saturated carbocycles. The monoisotopic (exact) mass is 562 g/mol. The van der Waals surface area contributed by atoms with Crippen LogP contribution in [0.3, 0.4) is 0 Å². The van der Waals surface area contributed by atoms with Gasteiger partial charge in [-0.15, -0.1) is 0 Å². The summed E-state index contributed by atoms with van der Waals surface area (Å²) < 4.78 is 29.8. The molecule has 2 heterocycles. The summed E-state index contributed by atoms with van der Waals surface area (Å²) in [5, 5.41) is 44.3. The maximum absolute atomic E-state index is 12.1. The average molecular weight is 563 g/mol. The largest absolute Gasteiger partial charge is 0.394 e. The molecule has 0 radical (unpaired) electrons. The Kier molecular flexibility index (Phi) is 11.0. The van der Waals surface area contributed by atoms with Crippen molar-refractivity contribution in [3.8, 4) is 0 Å². The van der Waals surface area contributed by atoms with Crippen LogP contribution >= 0.6 is 0 Å². The summed E-state index contributed by atoms with van der Waals surface area (Å²) in [6, 6.07) is 16.6. The summed E-state index contributed by atoms with van der Waals surface area (Å²) in [6.07, 6.45) is -9.91. The highest BCUT2D eigenvalue weighted by Crippen LogP contribution is 2.30. The summed E-state index contributed by atoms with van der Waals surface area (Å²) in [5.74, 6) is -0.428. The fourth-order valence-electron chi connectivity index (χ4n) is 4.75.